The zero-order valence-electron chi connectivity index (χ0n) is 8.91. The second-order valence-electron chi connectivity index (χ2n) is 3.11. The Bertz CT molecular complexity index is 589. The van der Waals surface area contributed by atoms with E-state index in [1.54, 1.807) is 0 Å². The number of rotatable bonds is 2. The van der Waals surface area contributed by atoms with Gasteiger partial charge in [0, 0.05) is 6.20 Å². The monoisotopic (exact) mass is 301 g/mol. The molecule has 0 N–H and O–H groups in total. The molecule has 12 heteroatoms. The molecule has 0 aliphatic rings. The Labute approximate surface area is 105 Å². The van der Waals surface area contributed by atoms with E-state index in [9.17, 15) is 36.5 Å². The fourth-order valence-corrected chi connectivity index (χ4v) is 1.16. The average Bonchev–Trinajstić information content (AvgIpc) is 2.23. The van der Waals surface area contributed by atoms with E-state index >= 15 is 0 Å². The maximum Gasteiger partial charge on any atom is 0.573 e. The average molecular weight is 301 g/mol. The van der Waals surface area contributed by atoms with Gasteiger partial charge >= 0.3 is 18.2 Å². The lowest BCUT2D eigenvalue weighted by atomic mass is 10.2. The molecule has 1 aromatic heterocycles. The second kappa shape index (κ2) is 4.83. The highest BCUT2D eigenvalue weighted by molar-refractivity contribution is 5.58. The molecule has 0 unspecified atom stereocenters. The number of hydrogen-bond acceptors (Lipinski definition) is 5. The molecule has 0 atom stereocenters. The molecule has 108 valence electrons. The number of alkyl halides is 6. The summed E-state index contributed by atoms with van der Waals surface area (Å²) in [6.07, 6.45) is -11.1. The molecular weight excluding hydrogens is 300 g/mol. The normalized spacial score (nSPS) is 11.8. The van der Waals surface area contributed by atoms with Crippen molar-refractivity contribution < 1.29 is 36.0 Å². The molecule has 0 saturated carbocycles. The molecule has 0 amide bonds. The predicted octanol–water partition coefficient (Wildman–Crippen LogP) is 2.78. The summed E-state index contributed by atoms with van der Waals surface area (Å²) in [5.74, 6) is -2.12. The molecule has 0 saturated heterocycles. The first-order valence-electron chi connectivity index (χ1n) is 4.37. The molecule has 1 rings (SSSR count). The van der Waals surface area contributed by atoms with E-state index in [1.807, 2.05) is 0 Å². The Morgan fingerprint density at radius 2 is 1.85 bits per heavy atom. The van der Waals surface area contributed by atoms with E-state index in [0.29, 0.717) is 0 Å². The van der Waals surface area contributed by atoms with Gasteiger partial charge in [-0.05, 0) is 0 Å². The molecule has 0 bridgehead atoms. The van der Waals surface area contributed by atoms with Crippen LogP contribution in [-0.2, 0) is 6.18 Å². The highest BCUT2D eigenvalue weighted by Crippen LogP contribution is 2.44. The summed E-state index contributed by atoms with van der Waals surface area (Å²) in [6, 6.07) is 1.01. The number of aromatic nitrogens is 1. The van der Waals surface area contributed by atoms with Crippen molar-refractivity contribution in [2.24, 2.45) is 0 Å². The fourth-order valence-electron chi connectivity index (χ4n) is 1.16. The van der Waals surface area contributed by atoms with E-state index in [-0.39, 0.29) is 6.20 Å². The Morgan fingerprint density at radius 1 is 1.30 bits per heavy atom. The molecule has 0 aliphatic heterocycles. The first kappa shape index (κ1) is 15.5. The summed E-state index contributed by atoms with van der Waals surface area (Å²) in [5, 5.41) is 19.0. The molecule has 0 spiro atoms. The van der Waals surface area contributed by atoms with Crippen LogP contribution < -0.4 is 4.74 Å². The van der Waals surface area contributed by atoms with Crippen LogP contribution >= 0.6 is 0 Å². The lowest BCUT2D eigenvalue weighted by Gasteiger charge is -2.14. The van der Waals surface area contributed by atoms with Gasteiger partial charge in [0.25, 0.3) is 0 Å². The van der Waals surface area contributed by atoms with Gasteiger partial charge in [-0.15, -0.1) is 13.2 Å². The lowest BCUT2D eigenvalue weighted by Crippen LogP contribution is -2.22. The van der Waals surface area contributed by atoms with Gasteiger partial charge in [0.05, 0.1) is 4.92 Å². The topological polar surface area (TPSA) is 89.0 Å². The first-order valence-corrected chi connectivity index (χ1v) is 4.37. The number of pyridine rings is 1. The zero-order valence-corrected chi connectivity index (χ0v) is 8.91. The van der Waals surface area contributed by atoms with Crippen LogP contribution in [0.2, 0.25) is 0 Å². The maximum absolute atomic E-state index is 12.5. The molecule has 0 aliphatic carbocycles. The smallest absolute Gasteiger partial charge is 0.398 e. The van der Waals surface area contributed by atoms with E-state index in [4.69, 9.17) is 5.26 Å². The molecular formula is C8HF6N3O3. The number of nitriles is 1. The lowest BCUT2D eigenvalue weighted by molar-refractivity contribution is -0.389. The van der Waals surface area contributed by atoms with Gasteiger partial charge < -0.3 is 4.74 Å². The van der Waals surface area contributed by atoms with Crippen LogP contribution in [-0.4, -0.2) is 16.3 Å². The van der Waals surface area contributed by atoms with Crippen molar-refractivity contribution in [2.75, 3.05) is 0 Å². The number of halogens is 6. The number of nitro groups is 1. The highest BCUT2D eigenvalue weighted by atomic mass is 19.4. The van der Waals surface area contributed by atoms with E-state index in [1.165, 1.54) is 0 Å². The largest absolute Gasteiger partial charge is 0.573 e. The quantitative estimate of drug-likeness (QED) is 0.476. The molecule has 1 aromatic rings. The molecule has 20 heavy (non-hydrogen) atoms. The third-order valence-electron chi connectivity index (χ3n) is 1.82. The van der Waals surface area contributed by atoms with Crippen molar-refractivity contribution in [3.63, 3.8) is 0 Å². The Morgan fingerprint density at radius 3 is 2.20 bits per heavy atom. The van der Waals surface area contributed by atoms with Gasteiger partial charge in [-0.25, -0.2) is 4.98 Å². The highest BCUT2D eigenvalue weighted by Gasteiger charge is 2.45. The summed E-state index contributed by atoms with van der Waals surface area (Å²) >= 11 is 0. The van der Waals surface area contributed by atoms with Crippen LogP contribution in [0.4, 0.5) is 32.0 Å². The zero-order chi connectivity index (χ0) is 15.7. The summed E-state index contributed by atoms with van der Waals surface area (Å²) < 4.78 is 76.8. The summed E-state index contributed by atoms with van der Waals surface area (Å²) in [6.45, 7) is 0. The predicted molar refractivity (Wildman–Crippen MR) is 47.3 cm³/mol. The van der Waals surface area contributed by atoms with E-state index in [2.05, 4.69) is 9.72 Å². The van der Waals surface area contributed by atoms with Crippen molar-refractivity contribution in [2.45, 2.75) is 12.5 Å². The summed E-state index contributed by atoms with van der Waals surface area (Å²) in [7, 11) is 0. The molecule has 0 radical (unpaired) electrons. The van der Waals surface area contributed by atoms with Gasteiger partial charge in [-0.1, -0.05) is 0 Å². The van der Waals surface area contributed by atoms with Crippen molar-refractivity contribution in [3.05, 3.63) is 27.6 Å². The molecule has 0 aromatic carbocycles. The number of hydrogen-bond donors (Lipinski definition) is 0. The minimum Gasteiger partial charge on any atom is -0.398 e. The van der Waals surface area contributed by atoms with Crippen molar-refractivity contribution >= 4 is 5.69 Å². The van der Waals surface area contributed by atoms with Crippen LogP contribution in [0, 0.1) is 21.4 Å². The van der Waals surface area contributed by atoms with Crippen LogP contribution in [0.3, 0.4) is 0 Å². The molecule has 6 nitrogen and oxygen atoms in total. The van der Waals surface area contributed by atoms with Crippen LogP contribution in [0.1, 0.15) is 11.3 Å². The van der Waals surface area contributed by atoms with Gasteiger partial charge in [-0.3, -0.25) is 10.1 Å². The Kier molecular flexibility index (Phi) is 3.74. The number of nitrogens with zero attached hydrogens (tertiary/aromatic N) is 3. The summed E-state index contributed by atoms with van der Waals surface area (Å²) in [5.41, 5.74) is -5.15. The fraction of sp³-hybridized carbons (Fsp3) is 0.250. The molecule has 1 heterocycles. The Hall–Kier alpha value is -2.58. The van der Waals surface area contributed by atoms with Crippen LogP contribution in [0.5, 0.6) is 5.75 Å². The maximum atomic E-state index is 12.5. The van der Waals surface area contributed by atoms with E-state index in [0.717, 1.165) is 6.07 Å². The minimum atomic E-state index is -5.61. The first-order chi connectivity index (χ1) is 8.97. The van der Waals surface area contributed by atoms with Crippen molar-refractivity contribution in [1.82, 2.24) is 4.98 Å². The van der Waals surface area contributed by atoms with Gasteiger partial charge in [0.15, 0.2) is 0 Å². The minimum absolute atomic E-state index is 0.146. The third kappa shape index (κ3) is 3.25. The van der Waals surface area contributed by atoms with Crippen molar-refractivity contribution in [3.8, 4) is 11.8 Å². The summed E-state index contributed by atoms with van der Waals surface area (Å²) in [4.78, 5) is 11.8. The van der Waals surface area contributed by atoms with E-state index < -0.39 is 40.2 Å². The standard InChI is InChI=1S/C8HF6N3O3/c9-7(10,11)3-2-16-4(1-15)5(17(18)19)6(3)20-8(12,13)14/h2H. The number of ether oxygens (including phenoxy) is 1. The second-order valence-corrected chi connectivity index (χ2v) is 3.11. The third-order valence-corrected chi connectivity index (χ3v) is 1.82. The van der Waals surface area contributed by atoms with Crippen LogP contribution in [0.25, 0.3) is 0 Å². The molecule has 0 fully saturated rings. The van der Waals surface area contributed by atoms with Gasteiger partial charge in [0.1, 0.15) is 11.6 Å². The van der Waals surface area contributed by atoms with Gasteiger partial charge in [-0.2, -0.15) is 18.4 Å². The van der Waals surface area contributed by atoms with Crippen molar-refractivity contribution in [1.29, 1.82) is 5.26 Å². The van der Waals surface area contributed by atoms with Crippen LogP contribution in [0.15, 0.2) is 6.20 Å². The SMILES string of the molecule is N#Cc1ncc(C(F)(F)F)c(OC(F)(F)F)c1[N+](=O)[O-]. The Balaban J connectivity index is 3.70. The van der Waals surface area contributed by atoms with Gasteiger partial charge in [0.2, 0.25) is 11.4 Å².